The summed E-state index contributed by atoms with van der Waals surface area (Å²) < 4.78 is 25.9. The fourth-order valence-electron chi connectivity index (χ4n) is 2.16. The number of aliphatic hydroxyl groups excluding tert-OH is 1. The topological polar surface area (TPSA) is 20.2 Å². The van der Waals surface area contributed by atoms with E-state index in [0.717, 1.165) is 11.1 Å². The quantitative estimate of drug-likeness (QED) is 0.884. The molecule has 1 N–H and O–H groups in total. The lowest BCUT2D eigenvalue weighted by Gasteiger charge is -2.14. The van der Waals surface area contributed by atoms with Crippen LogP contribution in [0.25, 0.3) is 0 Å². The zero-order valence-electron chi connectivity index (χ0n) is 10.8. The van der Waals surface area contributed by atoms with E-state index in [-0.39, 0.29) is 23.4 Å². The maximum absolute atomic E-state index is 13.1. The van der Waals surface area contributed by atoms with Gasteiger partial charge in [-0.25, -0.2) is 8.78 Å². The normalized spacial score (nSPS) is 12.4. The molecule has 106 valence electrons. The molecule has 1 unspecified atom stereocenters. The number of rotatable bonds is 5. The first-order valence-electron chi connectivity index (χ1n) is 6.37. The fourth-order valence-corrected chi connectivity index (χ4v) is 2.36. The standard InChI is InChI=1S/C16H15ClF2O/c17-15-9-12(3-6-16(15)19)8-13(10-20)7-11-1-4-14(18)5-2-11/h1-6,9,13,20H,7-8,10H2. The molecule has 0 fully saturated rings. The minimum absolute atomic E-state index is 0.00632. The molecule has 2 rings (SSSR count). The number of halogens is 3. The highest BCUT2D eigenvalue weighted by atomic mass is 35.5. The van der Waals surface area contributed by atoms with Gasteiger partial charge in [-0.2, -0.15) is 0 Å². The summed E-state index contributed by atoms with van der Waals surface area (Å²) in [5.74, 6) is -0.740. The number of aliphatic hydroxyl groups is 1. The number of benzene rings is 2. The first kappa shape index (κ1) is 14.9. The van der Waals surface area contributed by atoms with Crippen LogP contribution in [0.2, 0.25) is 5.02 Å². The molecule has 2 aromatic rings. The lowest BCUT2D eigenvalue weighted by molar-refractivity contribution is 0.225. The van der Waals surface area contributed by atoms with Crippen molar-refractivity contribution in [2.45, 2.75) is 12.8 Å². The monoisotopic (exact) mass is 296 g/mol. The Hall–Kier alpha value is -1.45. The van der Waals surface area contributed by atoms with Gasteiger partial charge in [-0.05, 0) is 54.2 Å². The average Bonchev–Trinajstić information content (AvgIpc) is 2.44. The van der Waals surface area contributed by atoms with Crippen LogP contribution in [0.5, 0.6) is 0 Å². The van der Waals surface area contributed by atoms with Crippen molar-refractivity contribution in [3.63, 3.8) is 0 Å². The second-order valence-electron chi connectivity index (χ2n) is 4.83. The van der Waals surface area contributed by atoms with E-state index in [4.69, 9.17) is 11.6 Å². The van der Waals surface area contributed by atoms with Crippen molar-refractivity contribution in [2.24, 2.45) is 5.92 Å². The Bertz CT molecular complexity index is 569. The zero-order valence-corrected chi connectivity index (χ0v) is 11.6. The SMILES string of the molecule is OCC(Cc1ccc(F)cc1)Cc1ccc(F)c(Cl)c1. The van der Waals surface area contributed by atoms with Crippen LogP contribution in [0.3, 0.4) is 0 Å². The van der Waals surface area contributed by atoms with Crippen LogP contribution in [0.4, 0.5) is 8.78 Å². The fraction of sp³-hybridized carbons (Fsp3) is 0.250. The Morgan fingerprint density at radius 3 is 2.15 bits per heavy atom. The second kappa shape index (κ2) is 6.82. The van der Waals surface area contributed by atoms with Gasteiger partial charge in [0.15, 0.2) is 0 Å². The lowest BCUT2D eigenvalue weighted by Crippen LogP contribution is -2.13. The van der Waals surface area contributed by atoms with Gasteiger partial charge in [-0.3, -0.25) is 0 Å². The van der Waals surface area contributed by atoms with Crippen molar-refractivity contribution in [2.75, 3.05) is 6.61 Å². The molecule has 4 heteroatoms. The predicted octanol–water partition coefficient (Wildman–Crippen LogP) is 4.01. The van der Waals surface area contributed by atoms with Crippen molar-refractivity contribution in [1.29, 1.82) is 0 Å². The minimum atomic E-state index is -0.450. The van der Waals surface area contributed by atoms with E-state index in [1.807, 2.05) is 0 Å². The van der Waals surface area contributed by atoms with Crippen molar-refractivity contribution in [1.82, 2.24) is 0 Å². The van der Waals surface area contributed by atoms with Crippen LogP contribution in [0.15, 0.2) is 42.5 Å². The summed E-state index contributed by atoms with van der Waals surface area (Å²) in [5, 5.41) is 9.53. The maximum Gasteiger partial charge on any atom is 0.141 e. The van der Waals surface area contributed by atoms with Crippen molar-refractivity contribution < 1.29 is 13.9 Å². The summed E-state index contributed by atoms with van der Waals surface area (Å²) >= 11 is 5.74. The largest absolute Gasteiger partial charge is 0.396 e. The van der Waals surface area contributed by atoms with Gasteiger partial charge >= 0.3 is 0 Å². The Balaban J connectivity index is 2.04. The summed E-state index contributed by atoms with van der Waals surface area (Å²) in [6.45, 7) is 0.00632. The van der Waals surface area contributed by atoms with Crippen LogP contribution in [-0.4, -0.2) is 11.7 Å². The third-order valence-corrected chi connectivity index (χ3v) is 3.49. The van der Waals surface area contributed by atoms with Crippen molar-refractivity contribution in [3.05, 3.63) is 70.2 Å². The first-order chi connectivity index (χ1) is 9.58. The lowest BCUT2D eigenvalue weighted by atomic mass is 9.93. The van der Waals surface area contributed by atoms with Crippen LogP contribution >= 0.6 is 11.6 Å². The summed E-state index contributed by atoms with van der Waals surface area (Å²) in [7, 11) is 0. The molecule has 0 aliphatic heterocycles. The first-order valence-corrected chi connectivity index (χ1v) is 6.75. The molecule has 2 aromatic carbocycles. The molecule has 1 atom stereocenters. The molecule has 0 saturated heterocycles. The van der Waals surface area contributed by atoms with E-state index in [1.54, 1.807) is 24.3 Å². The van der Waals surface area contributed by atoms with Gasteiger partial charge < -0.3 is 5.11 Å². The molecule has 20 heavy (non-hydrogen) atoms. The Morgan fingerprint density at radius 1 is 0.950 bits per heavy atom. The Kier molecular flexibility index (Phi) is 5.10. The average molecular weight is 297 g/mol. The van der Waals surface area contributed by atoms with E-state index in [2.05, 4.69) is 0 Å². The highest BCUT2D eigenvalue weighted by Crippen LogP contribution is 2.20. The molecule has 0 amide bonds. The van der Waals surface area contributed by atoms with Crippen LogP contribution < -0.4 is 0 Å². The van der Waals surface area contributed by atoms with Crippen molar-refractivity contribution >= 4 is 11.6 Å². The Labute approximate surface area is 121 Å². The smallest absolute Gasteiger partial charge is 0.141 e. The highest BCUT2D eigenvalue weighted by Gasteiger charge is 2.11. The summed E-state index contributed by atoms with van der Waals surface area (Å²) in [4.78, 5) is 0. The van der Waals surface area contributed by atoms with Gasteiger partial charge in [-0.1, -0.05) is 29.8 Å². The van der Waals surface area contributed by atoms with Crippen LogP contribution in [0, 0.1) is 17.6 Å². The van der Waals surface area contributed by atoms with E-state index < -0.39 is 5.82 Å². The molecule has 0 saturated carbocycles. The van der Waals surface area contributed by atoms with E-state index in [0.29, 0.717) is 12.8 Å². The minimum Gasteiger partial charge on any atom is -0.396 e. The zero-order chi connectivity index (χ0) is 14.5. The summed E-state index contributed by atoms with van der Waals surface area (Å²) in [6.07, 6.45) is 1.22. The van der Waals surface area contributed by atoms with Crippen molar-refractivity contribution in [3.8, 4) is 0 Å². The van der Waals surface area contributed by atoms with Gasteiger partial charge in [0, 0.05) is 6.61 Å². The van der Waals surface area contributed by atoms with Crippen LogP contribution in [0.1, 0.15) is 11.1 Å². The number of hydrogen-bond acceptors (Lipinski definition) is 1. The number of hydrogen-bond donors (Lipinski definition) is 1. The molecular formula is C16H15ClF2O. The maximum atomic E-state index is 13.1. The van der Waals surface area contributed by atoms with Gasteiger partial charge in [0.05, 0.1) is 5.02 Å². The van der Waals surface area contributed by atoms with Gasteiger partial charge in [0.1, 0.15) is 11.6 Å². The van der Waals surface area contributed by atoms with E-state index in [1.165, 1.54) is 18.2 Å². The molecule has 0 spiro atoms. The van der Waals surface area contributed by atoms with Crippen LogP contribution in [-0.2, 0) is 12.8 Å². The molecule has 0 heterocycles. The second-order valence-corrected chi connectivity index (χ2v) is 5.24. The molecule has 0 radical (unpaired) electrons. The third-order valence-electron chi connectivity index (χ3n) is 3.20. The van der Waals surface area contributed by atoms with E-state index in [9.17, 15) is 13.9 Å². The molecule has 0 aliphatic carbocycles. The molecular weight excluding hydrogens is 282 g/mol. The van der Waals surface area contributed by atoms with Gasteiger partial charge in [0.2, 0.25) is 0 Å². The molecule has 1 nitrogen and oxygen atoms in total. The predicted molar refractivity (Wildman–Crippen MR) is 75.8 cm³/mol. The third kappa shape index (κ3) is 4.02. The van der Waals surface area contributed by atoms with Gasteiger partial charge in [-0.15, -0.1) is 0 Å². The van der Waals surface area contributed by atoms with Gasteiger partial charge in [0.25, 0.3) is 0 Å². The Morgan fingerprint density at radius 2 is 1.55 bits per heavy atom. The molecule has 0 aliphatic rings. The summed E-state index contributed by atoms with van der Waals surface area (Å²) in [5.41, 5.74) is 1.83. The molecule has 0 bridgehead atoms. The van der Waals surface area contributed by atoms with E-state index >= 15 is 0 Å². The highest BCUT2D eigenvalue weighted by molar-refractivity contribution is 6.30. The molecule has 0 aromatic heterocycles. The summed E-state index contributed by atoms with van der Waals surface area (Å²) in [6, 6.07) is 10.8.